The van der Waals surface area contributed by atoms with E-state index < -0.39 is 10.0 Å². The van der Waals surface area contributed by atoms with Gasteiger partial charge in [0.15, 0.2) is 0 Å². The third-order valence-corrected chi connectivity index (χ3v) is 8.39. The highest BCUT2D eigenvalue weighted by Gasteiger charge is 2.19. The van der Waals surface area contributed by atoms with E-state index in [4.69, 9.17) is 23.2 Å². The maximum atomic E-state index is 12.7. The number of benzene rings is 4. The van der Waals surface area contributed by atoms with E-state index in [9.17, 15) is 13.2 Å². The van der Waals surface area contributed by atoms with Crippen molar-refractivity contribution in [3.05, 3.63) is 118 Å². The molecule has 1 aliphatic heterocycles. The Morgan fingerprint density at radius 2 is 1.59 bits per heavy atom. The molecule has 37 heavy (non-hydrogen) atoms. The molecule has 0 unspecified atom stereocenters. The molecule has 0 atom stereocenters. The molecule has 0 aliphatic carbocycles. The number of sulfonamides is 1. The summed E-state index contributed by atoms with van der Waals surface area (Å²) in [6.45, 7) is 1.76. The predicted octanol–water partition coefficient (Wildman–Crippen LogP) is 6.61. The van der Waals surface area contributed by atoms with E-state index in [0.29, 0.717) is 11.3 Å². The number of carbonyl (C=O) groups excluding carboxylic acids is 1. The molecule has 0 radical (unpaired) electrons. The largest absolute Gasteiger partial charge is 0.367 e. The standard InChI is InChI=1S/C28H23Cl2N3O3S/c29-24-5-3-6-25(27(24)30)32-37(35,36)23-14-12-22(13-15-23)31-28(34)21-10-8-19(9-11-21)18-33-17-16-20-4-1-2-7-26(20)33/h1-15,32H,16-18H2,(H,31,34). The summed E-state index contributed by atoms with van der Waals surface area (Å²) in [5.41, 5.74) is 4.92. The first-order chi connectivity index (χ1) is 17.8. The van der Waals surface area contributed by atoms with Crippen molar-refractivity contribution >= 4 is 56.2 Å². The van der Waals surface area contributed by atoms with Gasteiger partial charge in [-0.2, -0.15) is 0 Å². The van der Waals surface area contributed by atoms with Crippen LogP contribution in [-0.4, -0.2) is 20.9 Å². The Bertz CT molecular complexity index is 1560. The molecule has 5 rings (SSSR count). The number of fused-ring (bicyclic) bond motifs is 1. The summed E-state index contributed by atoms with van der Waals surface area (Å²) in [6.07, 6.45) is 1.04. The van der Waals surface area contributed by atoms with Crippen molar-refractivity contribution in [3.63, 3.8) is 0 Å². The second kappa shape index (κ2) is 10.5. The van der Waals surface area contributed by atoms with Gasteiger partial charge in [0.2, 0.25) is 0 Å². The van der Waals surface area contributed by atoms with E-state index in [1.807, 2.05) is 12.1 Å². The molecule has 188 valence electrons. The van der Waals surface area contributed by atoms with Crippen LogP contribution in [-0.2, 0) is 23.0 Å². The first-order valence-corrected chi connectivity index (χ1v) is 13.8. The lowest BCUT2D eigenvalue weighted by Crippen LogP contribution is -2.19. The van der Waals surface area contributed by atoms with Crippen LogP contribution in [0, 0.1) is 0 Å². The smallest absolute Gasteiger partial charge is 0.261 e. The second-order valence-electron chi connectivity index (χ2n) is 8.68. The molecular weight excluding hydrogens is 529 g/mol. The lowest BCUT2D eigenvalue weighted by atomic mass is 10.1. The molecule has 0 aromatic heterocycles. The Labute approximate surface area is 225 Å². The van der Waals surface area contributed by atoms with Crippen LogP contribution < -0.4 is 14.9 Å². The van der Waals surface area contributed by atoms with Crippen molar-refractivity contribution in [1.29, 1.82) is 0 Å². The third kappa shape index (κ3) is 5.59. The Morgan fingerprint density at radius 3 is 2.35 bits per heavy atom. The van der Waals surface area contributed by atoms with Gasteiger partial charge in [-0.15, -0.1) is 0 Å². The van der Waals surface area contributed by atoms with E-state index in [0.717, 1.165) is 25.1 Å². The second-order valence-corrected chi connectivity index (χ2v) is 11.2. The van der Waals surface area contributed by atoms with Gasteiger partial charge in [-0.25, -0.2) is 8.42 Å². The zero-order chi connectivity index (χ0) is 26.0. The van der Waals surface area contributed by atoms with Crippen LogP contribution in [0.15, 0.2) is 95.9 Å². The lowest BCUT2D eigenvalue weighted by molar-refractivity contribution is 0.102. The van der Waals surface area contributed by atoms with Gasteiger partial charge in [0.1, 0.15) is 0 Å². The molecule has 0 saturated carbocycles. The Hall–Kier alpha value is -3.52. The van der Waals surface area contributed by atoms with Crippen molar-refractivity contribution < 1.29 is 13.2 Å². The van der Waals surface area contributed by atoms with Crippen molar-refractivity contribution in [2.75, 3.05) is 21.5 Å². The number of rotatable bonds is 7. The zero-order valence-corrected chi connectivity index (χ0v) is 21.9. The van der Waals surface area contributed by atoms with Gasteiger partial charge in [-0.1, -0.05) is 59.6 Å². The van der Waals surface area contributed by atoms with Crippen LogP contribution in [0.25, 0.3) is 0 Å². The topological polar surface area (TPSA) is 78.5 Å². The first-order valence-electron chi connectivity index (χ1n) is 11.6. The average Bonchev–Trinajstić information content (AvgIpc) is 3.30. The SMILES string of the molecule is O=C(Nc1ccc(S(=O)(=O)Nc2cccc(Cl)c2Cl)cc1)c1ccc(CN2CCc3ccccc32)cc1. The molecule has 0 bridgehead atoms. The number of para-hydroxylation sites is 1. The summed E-state index contributed by atoms with van der Waals surface area (Å²) in [5, 5.41) is 3.17. The highest BCUT2D eigenvalue weighted by atomic mass is 35.5. The predicted molar refractivity (Wildman–Crippen MR) is 149 cm³/mol. The fourth-order valence-corrected chi connectivity index (χ4v) is 5.74. The highest BCUT2D eigenvalue weighted by molar-refractivity contribution is 7.92. The van der Waals surface area contributed by atoms with Crippen LogP contribution in [0.5, 0.6) is 0 Å². The fraction of sp³-hybridized carbons (Fsp3) is 0.107. The van der Waals surface area contributed by atoms with Crippen LogP contribution in [0.3, 0.4) is 0 Å². The van der Waals surface area contributed by atoms with Gasteiger partial charge in [0, 0.05) is 30.0 Å². The average molecular weight is 552 g/mol. The lowest BCUT2D eigenvalue weighted by Gasteiger charge is -2.19. The van der Waals surface area contributed by atoms with Gasteiger partial charge < -0.3 is 10.2 Å². The fourth-order valence-electron chi connectivity index (χ4n) is 4.26. The molecule has 6 nitrogen and oxygen atoms in total. The maximum absolute atomic E-state index is 12.7. The van der Waals surface area contributed by atoms with Crippen molar-refractivity contribution in [3.8, 4) is 0 Å². The van der Waals surface area contributed by atoms with Gasteiger partial charge >= 0.3 is 0 Å². The summed E-state index contributed by atoms with van der Waals surface area (Å²) in [5.74, 6) is -0.280. The summed E-state index contributed by atoms with van der Waals surface area (Å²) in [6, 6.07) is 26.5. The summed E-state index contributed by atoms with van der Waals surface area (Å²) >= 11 is 12.1. The van der Waals surface area contributed by atoms with E-state index in [1.165, 1.54) is 41.6 Å². The molecule has 1 amide bonds. The molecule has 4 aromatic carbocycles. The van der Waals surface area contributed by atoms with Crippen LogP contribution >= 0.6 is 23.2 Å². The van der Waals surface area contributed by atoms with E-state index in [-0.39, 0.29) is 26.5 Å². The molecule has 9 heteroatoms. The number of carbonyl (C=O) groups is 1. The Balaban J connectivity index is 1.21. The van der Waals surface area contributed by atoms with E-state index in [1.54, 1.807) is 24.3 Å². The third-order valence-electron chi connectivity index (χ3n) is 6.19. The molecule has 4 aromatic rings. The number of halogens is 2. The number of amides is 1. The Morgan fingerprint density at radius 1 is 0.865 bits per heavy atom. The number of nitrogens with one attached hydrogen (secondary N) is 2. The van der Waals surface area contributed by atoms with Crippen LogP contribution in [0.1, 0.15) is 21.5 Å². The molecule has 1 aliphatic rings. The van der Waals surface area contributed by atoms with Gasteiger partial charge in [-0.3, -0.25) is 9.52 Å². The molecule has 0 spiro atoms. The monoisotopic (exact) mass is 551 g/mol. The molecule has 1 heterocycles. The zero-order valence-electron chi connectivity index (χ0n) is 19.6. The minimum atomic E-state index is -3.89. The van der Waals surface area contributed by atoms with E-state index in [2.05, 4.69) is 39.2 Å². The summed E-state index contributed by atoms with van der Waals surface area (Å²) in [4.78, 5) is 15.1. The Kier molecular flexibility index (Phi) is 7.11. The van der Waals surface area contributed by atoms with Crippen LogP contribution in [0.2, 0.25) is 10.0 Å². The van der Waals surface area contributed by atoms with Crippen molar-refractivity contribution in [1.82, 2.24) is 0 Å². The summed E-state index contributed by atoms with van der Waals surface area (Å²) in [7, 11) is -3.89. The number of hydrogen-bond donors (Lipinski definition) is 2. The normalized spacial score (nSPS) is 12.8. The van der Waals surface area contributed by atoms with Crippen molar-refractivity contribution in [2.24, 2.45) is 0 Å². The molecule has 0 saturated heterocycles. The van der Waals surface area contributed by atoms with Gasteiger partial charge in [0.25, 0.3) is 15.9 Å². The number of nitrogens with zero attached hydrogens (tertiary/aromatic N) is 1. The maximum Gasteiger partial charge on any atom is 0.261 e. The van der Waals surface area contributed by atoms with Gasteiger partial charge in [0.05, 0.1) is 20.6 Å². The first kappa shape index (κ1) is 25.1. The number of anilines is 3. The molecular formula is C28H23Cl2N3O3S. The van der Waals surface area contributed by atoms with Crippen LogP contribution in [0.4, 0.5) is 17.1 Å². The van der Waals surface area contributed by atoms with E-state index >= 15 is 0 Å². The molecule has 2 N–H and O–H groups in total. The minimum absolute atomic E-state index is 0.0226. The highest BCUT2D eigenvalue weighted by Crippen LogP contribution is 2.31. The number of hydrogen-bond acceptors (Lipinski definition) is 4. The van der Waals surface area contributed by atoms with Crippen molar-refractivity contribution in [2.45, 2.75) is 17.9 Å². The molecule has 0 fully saturated rings. The minimum Gasteiger partial charge on any atom is -0.367 e. The quantitative estimate of drug-likeness (QED) is 0.271. The summed E-state index contributed by atoms with van der Waals surface area (Å²) < 4.78 is 27.9. The van der Waals surface area contributed by atoms with Gasteiger partial charge in [-0.05, 0) is 72.1 Å².